The van der Waals surface area contributed by atoms with E-state index in [9.17, 15) is 15.2 Å². The number of phenolic OH excluding ortho intramolecular Hbond substituents is 1. The number of nitrogens with zero attached hydrogens (tertiary/aromatic N) is 5. The highest BCUT2D eigenvalue weighted by Crippen LogP contribution is 2.30. The number of nitro benzene ring substituents is 1. The number of nitriles is 1. The summed E-state index contributed by atoms with van der Waals surface area (Å²) in [4.78, 5) is 10.1. The van der Waals surface area contributed by atoms with Gasteiger partial charge in [0, 0.05) is 12.1 Å². The van der Waals surface area contributed by atoms with E-state index in [1.54, 1.807) is 30.3 Å². The molecule has 0 saturated carbocycles. The normalized spacial score (nSPS) is 11.2. The van der Waals surface area contributed by atoms with Crippen molar-refractivity contribution in [2.24, 2.45) is 15.3 Å². The van der Waals surface area contributed by atoms with Crippen molar-refractivity contribution in [1.82, 2.24) is 0 Å². The van der Waals surface area contributed by atoms with Crippen LogP contribution in [0.4, 0.5) is 17.1 Å². The summed E-state index contributed by atoms with van der Waals surface area (Å²) in [7, 11) is 0. The zero-order valence-corrected chi connectivity index (χ0v) is 11.6. The zero-order chi connectivity index (χ0) is 16.7. The number of benzene rings is 2. The molecule has 9 nitrogen and oxygen atoms in total. The maximum atomic E-state index is 10.7. The van der Waals surface area contributed by atoms with Crippen LogP contribution >= 0.6 is 0 Å². The van der Waals surface area contributed by atoms with Gasteiger partial charge in [0.25, 0.3) is 11.5 Å². The Balaban J connectivity index is 2.18. The van der Waals surface area contributed by atoms with Gasteiger partial charge in [-0.1, -0.05) is 18.2 Å². The molecule has 2 rings (SSSR count). The minimum Gasteiger partial charge on any atom is -0.506 e. The average Bonchev–Trinajstić information content (AvgIpc) is 2.57. The molecule has 9 heteroatoms. The molecule has 0 fully saturated rings. The van der Waals surface area contributed by atoms with Crippen molar-refractivity contribution in [3.63, 3.8) is 0 Å². The van der Waals surface area contributed by atoms with Crippen LogP contribution in [0, 0.1) is 21.4 Å². The highest BCUT2D eigenvalue weighted by Gasteiger charge is 2.10. The third kappa shape index (κ3) is 4.33. The predicted molar refractivity (Wildman–Crippen MR) is 82.4 cm³/mol. The van der Waals surface area contributed by atoms with Crippen molar-refractivity contribution in [2.45, 2.75) is 0 Å². The van der Waals surface area contributed by atoms with E-state index in [2.05, 4.69) is 20.8 Å². The molecule has 0 aromatic heterocycles. The van der Waals surface area contributed by atoms with Crippen molar-refractivity contribution in [2.75, 3.05) is 5.43 Å². The SMILES string of the molecule is N#C/C(N=Nc1cc([N+](=O)[O-])ccc1O)=N\Nc1ccccc1. The Kier molecular flexibility index (Phi) is 4.93. The van der Waals surface area contributed by atoms with Crippen LogP contribution in [0.25, 0.3) is 0 Å². The van der Waals surface area contributed by atoms with E-state index in [-0.39, 0.29) is 23.0 Å². The number of non-ortho nitro benzene ring substituents is 1. The van der Waals surface area contributed by atoms with Gasteiger partial charge < -0.3 is 5.11 Å². The van der Waals surface area contributed by atoms with Gasteiger partial charge in [0.15, 0.2) is 0 Å². The molecule has 2 aromatic carbocycles. The lowest BCUT2D eigenvalue weighted by atomic mass is 10.2. The predicted octanol–water partition coefficient (Wildman–Crippen LogP) is 3.33. The summed E-state index contributed by atoms with van der Waals surface area (Å²) in [5, 5.41) is 40.1. The largest absolute Gasteiger partial charge is 0.506 e. The third-order valence-electron chi connectivity index (χ3n) is 2.59. The number of nitrogens with one attached hydrogen (secondary N) is 1. The van der Waals surface area contributed by atoms with Crippen LogP contribution in [0.1, 0.15) is 0 Å². The maximum absolute atomic E-state index is 10.7. The summed E-state index contributed by atoms with van der Waals surface area (Å²) in [6.45, 7) is 0. The van der Waals surface area contributed by atoms with Crippen LogP contribution in [0.5, 0.6) is 5.75 Å². The molecule has 0 heterocycles. The van der Waals surface area contributed by atoms with E-state index in [4.69, 9.17) is 5.26 Å². The van der Waals surface area contributed by atoms with Crippen LogP contribution < -0.4 is 5.43 Å². The van der Waals surface area contributed by atoms with Crippen LogP contribution in [0.15, 0.2) is 63.9 Å². The number of azo groups is 1. The average molecular weight is 310 g/mol. The number of hydrogen-bond donors (Lipinski definition) is 2. The van der Waals surface area contributed by atoms with Gasteiger partial charge in [0.05, 0.1) is 10.6 Å². The number of rotatable bonds is 4. The van der Waals surface area contributed by atoms with Crippen LogP contribution in [0.2, 0.25) is 0 Å². The standard InChI is InChI=1S/C14H10N6O3/c15-9-14(18-16-10-4-2-1-3-5-10)19-17-12-8-11(20(22)23)6-7-13(12)21/h1-8,16,21H/b18-14+,19-17?. The quantitative estimate of drug-likeness (QED) is 0.293. The smallest absolute Gasteiger partial charge is 0.271 e. The topological polar surface area (TPSA) is 136 Å². The Morgan fingerprint density at radius 1 is 1.26 bits per heavy atom. The van der Waals surface area contributed by atoms with Crippen molar-refractivity contribution in [1.29, 1.82) is 5.26 Å². The maximum Gasteiger partial charge on any atom is 0.271 e. The molecule has 2 N–H and O–H groups in total. The van der Waals surface area contributed by atoms with Crippen LogP contribution in [-0.2, 0) is 0 Å². The summed E-state index contributed by atoms with van der Waals surface area (Å²) < 4.78 is 0. The highest BCUT2D eigenvalue weighted by molar-refractivity contribution is 5.97. The molecule has 0 amide bonds. The number of amidine groups is 1. The molecule has 0 unspecified atom stereocenters. The number of anilines is 1. The fourth-order valence-corrected chi connectivity index (χ4v) is 1.51. The van der Waals surface area contributed by atoms with Crippen LogP contribution in [0.3, 0.4) is 0 Å². The van der Waals surface area contributed by atoms with Gasteiger partial charge in [-0.05, 0) is 18.2 Å². The van der Waals surface area contributed by atoms with E-state index in [0.717, 1.165) is 18.2 Å². The lowest BCUT2D eigenvalue weighted by Crippen LogP contribution is -1.95. The highest BCUT2D eigenvalue weighted by atomic mass is 16.6. The lowest BCUT2D eigenvalue weighted by molar-refractivity contribution is -0.384. The van der Waals surface area contributed by atoms with Crippen molar-refractivity contribution in [3.8, 4) is 11.8 Å². The first-order valence-electron chi connectivity index (χ1n) is 6.28. The molecule has 0 bridgehead atoms. The van der Waals surface area contributed by atoms with E-state index in [0.29, 0.717) is 5.69 Å². The second-order valence-corrected chi connectivity index (χ2v) is 4.16. The van der Waals surface area contributed by atoms with Gasteiger partial charge in [-0.15, -0.1) is 15.3 Å². The molecule has 0 saturated heterocycles. The Labute approximate surface area is 130 Å². The fourth-order valence-electron chi connectivity index (χ4n) is 1.51. The minimum absolute atomic E-state index is 0.137. The number of hydrogen-bond acceptors (Lipinski definition) is 7. The molecular weight excluding hydrogens is 300 g/mol. The molecule has 0 aliphatic carbocycles. The molecule has 0 spiro atoms. The first kappa shape index (κ1) is 15.6. The van der Waals surface area contributed by atoms with E-state index < -0.39 is 4.92 Å². The second kappa shape index (κ2) is 7.28. The first-order valence-corrected chi connectivity index (χ1v) is 6.28. The number of nitro groups is 1. The van der Waals surface area contributed by atoms with Crippen molar-refractivity contribution >= 4 is 22.9 Å². The summed E-state index contributed by atoms with van der Waals surface area (Å²) in [6, 6.07) is 13.9. The molecule has 0 aliphatic heterocycles. The Morgan fingerprint density at radius 2 is 2.00 bits per heavy atom. The minimum atomic E-state index is -0.630. The molecule has 0 aliphatic rings. The number of aromatic hydroxyl groups is 1. The molecule has 0 atom stereocenters. The van der Waals surface area contributed by atoms with E-state index >= 15 is 0 Å². The molecule has 23 heavy (non-hydrogen) atoms. The Bertz CT molecular complexity index is 811. The summed E-state index contributed by atoms with van der Waals surface area (Å²) >= 11 is 0. The monoisotopic (exact) mass is 310 g/mol. The number of hydrazone groups is 1. The Morgan fingerprint density at radius 3 is 2.65 bits per heavy atom. The van der Waals surface area contributed by atoms with Gasteiger partial charge in [-0.3, -0.25) is 15.5 Å². The van der Waals surface area contributed by atoms with Gasteiger partial charge in [0.1, 0.15) is 17.5 Å². The lowest BCUT2D eigenvalue weighted by Gasteiger charge is -1.99. The van der Waals surface area contributed by atoms with Gasteiger partial charge in [0.2, 0.25) is 0 Å². The summed E-state index contributed by atoms with van der Waals surface area (Å²) in [6.07, 6.45) is 0. The molecular formula is C14H10N6O3. The Hall–Kier alpha value is -3.80. The zero-order valence-electron chi connectivity index (χ0n) is 11.6. The van der Waals surface area contributed by atoms with Crippen molar-refractivity contribution < 1.29 is 10.0 Å². The summed E-state index contributed by atoms with van der Waals surface area (Å²) in [5.74, 6) is -0.604. The summed E-state index contributed by atoms with van der Waals surface area (Å²) in [5.41, 5.74) is 2.87. The first-order chi connectivity index (χ1) is 11.1. The van der Waals surface area contributed by atoms with E-state index in [1.165, 1.54) is 0 Å². The molecule has 114 valence electrons. The van der Waals surface area contributed by atoms with E-state index in [1.807, 2.05) is 6.07 Å². The molecule has 2 aromatic rings. The van der Waals surface area contributed by atoms with Gasteiger partial charge in [-0.2, -0.15) is 5.26 Å². The number of para-hydroxylation sites is 1. The second-order valence-electron chi connectivity index (χ2n) is 4.16. The van der Waals surface area contributed by atoms with Gasteiger partial charge in [-0.25, -0.2) is 0 Å². The number of phenols is 1. The fraction of sp³-hybridized carbons (Fsp3) is 0. The van der Waals surface area contributed by atoms with Gasteiger partial charge >= 0.3 is 0 Å². The van der Waals surface area contributed by atoms with Crippen LogP contribution in [-0.4, -0.2) is 15.9 Å². The molecule has 0 radical (unpaired) electrons. The van der Waals surface area contributed by atoms with Crippen molar-refractivity contribution in [3.05, 3.63) is 58.6 Å². The third-order valence-corrected chi connectivity index (χ3v) is 2.59.